The van der Waals surface area contributed by atoms with Gasteiger partial charge in [-0.1, -0.05) is 5.57 Å². The number of ether oxygens (including phenoxy) is 1. The molecule has 0 aliphatic carbocycles. The fourth-order valence-corrected chi connectivity index (χ4v) is 1.54. The number of pyridine rings is 1. The number of hydrogen-bond donors (Lipinski definition) is 1. The molecule has 0 radical (unpaired) electrons. The molecular weight excluding hydrogens is 236 g/mol. The zero-order chi connectivity index (χ0) is 14.5. The lowest BCUT2D eigenvalue weighted by molar-refractivity contribution is 0.312. The van der Waals surface area contributed by atoms with Crippen molar-refractivity contribution in [3.8, 4) is 5.75 Å². The third-order valence-electron chi connectivity index (χ3n) is 2.64. The minimum absolute atomic E-state index is 0.0698. The molecule has 1 aromatic heterocycles. The quantitative estimate of drug-likeness (QED) is 0.795. The van der Waals surface area contributed by atoms with Crippen molar-refractivity contribution in [2.45, 2.75) is 53.1 Å². The van der Waals surface area contributed by atoms with Gasteiger partial charge in [0.2, 0.25) is 0 Å². The van der Waals surface area contributed by atoms with Crippen molar-refractivity contribution in [1.29, 1.82) is 0 Å². The van der Waals surface area contributed by atoms with Crippen LogP contribution in [0, 0.1) is 6.92 Å². The summed E-state index contributed by atoms with van der Waals surface area (Å²) in [6, 6.07) is 3.98. The lowest BCUT2D eigenvalue weighted by Gasteiger charge is -2.21. The van der Waals surface area contributed by atoms with Gasteiger partial charge in [-0.15, -0.1) is 6.58 Å². The normalized spacial score (nSPS) is 11.4. The summed E-state index contributed by atoms with van der Waals surface area (Å²) in [5, 5.41) is 3.44. The molecular formula is C16H26N2O. The molecule has 1 N–H and O–H groups in total. The van der Waals surface area contributed by atoms with Crippen LogP contribution in [-0.2, 0) is 6.54 Å². The number of aromatic nitrogens is 1. The molecule has 0 aliphatic heterocycles. The van der Waals surface area contributed by atoms with Crippen molar-refractivity contribution in [1.82, 2.24) is 10.3 Å². The van der Waals surface area contributed by atoms with Crippen LogP contribution in [0.5, 0.6) is 5.75 Å². The molecule has 0 spiro atoms. The van der Waals surface area contributed by atoms with E-state index >= 15 is 0 Å². The van der Waals surface area contributed by atoms with E-state index in [9.17, 15) is 0 Å². The number of aryl methyl sites for hydroxylation is 1. The first-order valence-corrected chi connectivity index (χ1v) is 6.76. The third-order valence-corrected chi connectivity index (χ3v) is 2.64. The first kappa shape index (κ1) is 15.7. The molecule has 0 saturated carbocycles. The fraction of sp³-hybridized carbons (Fsp3) is 0.562. The Labute approximate surface area is 117 Å². The maximum Gasteiger partial charge on any atom is 0.142 e. The van der Waals surface area contributed by atoms with Crippen LogP contribution in [0.3, 0.4) is 0 Å². The molecule has 1 heterocycles. The highest BCUT2D eigenvalue weighted by Gasteiger charge is 2.12. The molecule has 0 bridgehead atoms. The van der Waals surface area contributed by atoms with Crippen molar-refractivity contribution in [3.05, 3.63) is 35.7 Å². The Hall–Kier alpha value is -1.35. The molecule has 3 heteroatoms. The predicted octanol–water partition coefficient (Wildman–Crippen LogP) is 3.62. The Morgan fingerprint density at radius 3 is 2.63 bits per heavy atom. The second kappa shape index (κ2) is 6.71. The van der Waals surface area contributed by atoms with E-state index in [1.165, 1.54) is 0 Å². The average Bonchev–Trinajstić information content (AvgIpc) is 2.27. The van der Waals surface area contributed by atoms with Gasteiger partial charge < -0.3 is 10.1 Å². The summed E-state index contributed by atoms with van der Waals surface area (Å²) < 4.78 is 5.80. The summed E-state index contributed by atoms with van der Waals surface area (Å²) in [6.45, 7) is 15.7. The zero-order valence-corrected chi connectivity index (χ0v) is 12.8. The molecule has 1 aromatic rings. The van der Waals surface area contributed by atoms with E-state index in [-0.39, 0.29) is 5.54 Å². The summed E-state index contributed by atoms with van der Waals surface area (Å²) >= 11 is 0. The molecule has 0 atom stereocenters. The van der Waals surface area contributed by atoms with Gasteiger partial charge in [0.1, 0.15) is 5.75 Å². The smallest absolute Gasteiger partial charge is 0.142 e. The Balaban J connectivity index is 2.71. The first-order chi connectivity index (χ1) is 8.78. The first-order valence-electron chi connectivity index (χ1n) is 6.76. The largest absolute Gasteiger partial charge is 0.491 e. The predicted molar refractivity (Wildman–Crippen MR) is 80.5 cm³/mol. The molecule has 0 aromatic carbocycles. The topological polar surface area (TPSA) is 34.1 Å². The van der Waals surface area contributed by atoms with Crippen molar-refractivity contribution in [3.63, 3.8) is 0 Å². The molecule has 0 saturated heterocycles. The van der Waals surface area contributed by atoms with Crippen molar-refractivity contribution in [2.24, 2.45) is 0 Å². The van der Waals surface area contributed by atoms with Gasteiger partial charge in [0.05, 0.1) is 12.3 Å². The van der Waals surface area contributed by atoms with E-state index in [4.69, 9.17) is 4.74 Å². The van der Waals surface area contributed by atoms with Crippen molar-refractivity contribution < 1.29 is 4.74 Å². The van der Waals surface area contributed by atoms with Gasteiger partial charge in [-0.3, -0.25) is 4.98 Å². The number of hydrogen-bond acceptors (Lipinski definition) is 3. The van der Waals surface area contributed by atoms with Crippen LogP contribution in [0.15, 0.2) is 24.3 Å². The highest BCUT2D eigenvalue weighted by Crippen LogP contribution is 2.18. The Kier molecular flexibility index (Phi) is 5.55. The van der Waals surface area contributed by atoms with Gasteiger partial charge in [0, 0.05) is 24.2 Å². The average molecular weight is 262 g/mol. The summed E-state index contributed by atoms with van der Waals surface area (Å²) in [4.78, 5) is 4.56. The zero-order valence-electron chi connectivity index (χ0n) is 12.8. The van der Waals surface area contributed by atoms with Gasteiger partial charge >= 0.3 is 0 Å². The summed E-state index contributed by atoms with van der Waals surface area (Å²) in [5.41, 5.74) is 3.18. The SMILES string of the molecule is C=C(C)CCOc1ccc(C)nc1CNC(C)(C)C. The van der Waals surface area contributed by atoms with Gasteiger partial charge in [0.15, 0.2) is 0 Å². The van der Waals surface area contributed by atoms with Gasteiger partial charge in [-0.2, -0.15) is 0 Å². The molecule has 1 rings (SSSR count). The lowest BCUT2D eigenvalue weighted by Crippen LogP contribution is -2.35. The molecule has 0 aliphatic rings. The van der Waals surface area contributed by atoms with Crippen LogP contribution in [0.1, 0.15) is 45.5 Å². The van der Waals surface area contributed by atoms with E-state index in [1.807, 2.05) is 26.0 Å². The maximum absolute atomic E-state index is 5.80. The number of nitrogens with one attached hydrogen (secondary N) is 1. The van der Waals surface area contributed by atoms with Crippen LogP contribution in [0.2, 0.25) is 0 Å². The van der Waals surface area contributed by atoms with Crippen LogP contribution in [0.4, 0.5) is 0 Å². The highest BCUT2D eigenvalue weighted by atomic mass is 16.5. The second-order valence-corrected chi connectivity index (χ2v) is 6.06. The molecule has 3 nitrogen and oxygen atoms in total. The number of rotatable bonds is 6. The molecule has 19 heavy (non-hydrogen) atoms. The van der Waals surface area contributed by atoms with Crippen LogP contribution >= 0.6 is 0 Å². The van der Waals surface area contributed by atoms with Crippen molar-refractivity contribution in [2.75, 3.05) is 6.61 Å². The molecule has 106 valence electrons. The van der Waals surface area contributed by atoms with Crippen molar-refractivity contribution >= 4 is 0 Å². The Morgan fingerprint density at radius 2 is 2.05 bits per heavy atom. The fourth-order valence-electron chi connectivity index (χ4n) is 1.54. The monoisotopic (exact) mass is 262 g/mol. The van der Waals surface area contributed by atoms with Gasteiger partial charge in [0.25, 0.3) is 0 Å². The summed E-state index contributed by atoms with van der Waals surface area (Å²) in [6.07, 6.45) is 0.875. The molecule has 0 amide bonds. The van der Waals surface area contributed by atoms with Crippen LogP contribution in [0.25, 0.3) is 0 Å². The van der Waals surface area contributed by atoms with Crippen LogP contribution < -0.4 is 10.1 Å². The van der Waals surface area contributed by atoms with E-state index in [2.05, 4.69) is 37.7 Å². The standard InChI is InChI=1S/C16H26N2O/c1-12(2)9-10-19-15-8-7-13(3)18-14(15)11-17-16(4,5)6/h7-8,17H,1,9-11H2,2-6H3. The molecule has 0 fully saturated rings. The minimum atomic E-state index is 0.0698. The summed E-state index contributed by atoms with van der Waals surface area (Å²) in [5.74, 6) is 0.864. The van der Waals surface area contributed by atoms with Gasteiger partial charge in [-0.25, -0.2) is 0 Å². The minimum Gasteiger partial charge on any atom is -0.491 e. The van der Waals surface area contributed by atoms with Gasteiger partial charge in [-0.05, 0) is 46.8 Å². The second-order valence-electron chi connectivity index (χ2n) is 6.06. The molecule has 0 unspecified atom stereocenters. The summed E-state index contributed by atoms with van der Waals surface area (Å²) in [7, 11) is 0. The van der Waals surface area contributed by atoms with E-state index in [1.54, 1.807) is 0 Å². The van der Waals surface area contributed by atoms with E-state index in [0.29, 0.717) is 13.2 Å². The Bertz CT molecular complexity index is 433. The third kappa shape index (κ3) is 6.39. The van der Waals surface area contributed by atoms with E-state index in [0.717, 1.165) is 29.1 Å². The Morgan fingerprint density at radius 1 is 1.37 bits per heavy atom. The lowest BCUT2D eigenvalue weighted by atomic mass is 10.1. The maximum atomic E-state index is 5.80. The van der Waals surface area contributed by atoms with Crippen LogP contribution in [-0.4, -0.2) is 17.1 Å². The number of nitrogens with zero attached hydrogens (tertiary/aromatic N) is 1. The van der Waals surface area contributed by atoms with E-state index < -0.39 is 0 Å². The highest BCUT2D eigenvalue weighted by molar-refractivity contribution is 5.29.